The molecule has 0 amide bonds. The van der Waals surface area contributed by atoms with Gasteiger partial charge in [-0.15, -0.1) is 0 Å². The van der Waals surface area contributed by atoms with Gasteiger partial charge in [0.05, 0.1) is 9.82 Å². The van der Waals surface area contributed by atoms with Crippen molar-refractivity contribution in [2.75, 3.05) is 0 Å². The van der Waals surface area contributed by atoms with Crippen molar-refractivity contribution < 1.29 is 23.2 Å². The highest BCUT2D eigenvalue weighted by atomic mass is 79.9. The molecule has 0 spiro atoms. The van der Waals surface area contributed by atoms with Crippen LogP contribution < -0.4 is 5.14 Å². The Balaban J connectivity index is 3.69. The van der Waals surface area contributed by atoms with E-state index in [0.29, 0.717) is 6.07 Å². The number of rotatable bonds is 3. The lowest BCUT2D eigenvalue weighted by molar-refractivity contribution is -0.385. The molecule has 0 heterocycles. The van der Waals surface area contributed by atoms with Crippen LogP contribution in [-0.4, -0.2) is 24.4 Å². The zero-order valence-electron chi connectivity index (χ0n) is 7.95. The maximum absolute atomic E-state index is 11.1. The number of nitrogens with two attached hydrogens (primary N) is 1. The number of nitro benzene ring substituents is 1. The lowest BCUT2D eigenvalue weighted by Gasteiger charge is -2.04. The van der Waals surface area contributed by atoms with Crippen LogP contribution in [0.5, 0.6) is 0 Å². The van der Waals surface area contributed by atoms with Gasteiger partial charge in [0.1, 0.15) is 5.56 Å². The fraction of sp³-hybridized carbons (Fsp3) is 0. The number of aromatic carboxylic acids is 1. The summed E-state index contributed by atoms with van der Waals surface area (Å²) in [4.78, 5) is 19.9. The van der Waals surface area contributed by atoms with E-state index in [1.54, 1.807) is 0 Å². The smallest absolute Gasteiger partial charge is 0.342 e. The van der Waals surface area contributed by atoms with Gasteiger partial charge in [0.2, 0.25) is 10.0 Å². The van der Waals surface area contributed by atoms with Gasteiger partial charge in [-0.05, 0) is 22.0 Å². The minimum atomic E-state index is -4.16. The predicted octanol–water partition coefficient (Wildman–Crippen LogP) is 0.703. The van der Waals surface area contributed by atoms with Crippen molar-refractivity contribution in [2.24, 2.45) is 5.14 Å². The van der Waals surface area contributed by atoms with Gasteiger partial charge in [0.15, 0.2) is 0 Å². The molecule has 17 heavy (non-hydrogen) atoms. The fourth-order valence-corrected chi connectivity index (χ4v) is 2.70. The Morgan fingerprint density at radius 1 is 1.47 bits per heavy atom. The molecule has 0 unspecified atom stereocenters. The number of carboxylic acid groups (broad SMARTS) is 1. The minimum Gasteiger partial charge on any atom is -0.477 e. The van der Waals surface area contributed by atoms with Gasteiger partial charge in [0, 0.05) is 10.5 Å². The number of primary sulfonamides is 1. The second-order valence-corrected chi connectivity index (χ2v) is 5.29. The summed E-state index contributed by atoms with van der Waals surface area (Å²) >= 11 is 2.78. The summed E-state index contributed by atoms with van der Waals surface area (Å²) in [6, 6.07) is 1.42. The Bertz CT molecular complexity index is 611. The number of sulfonamides is 1. The summed E-state index contributed by atoms with van der Waals surface area (Å²) in [6.07, 6.45) is 0. The maximum atomic E-state index is 11.1. The van der Waals surface area contributed by atoms with Gasteiger partial charge >= 0.3 is 5.97 Å². The standard InChI is InChI=1S/C7H5BrN2O6S/c8-4-2-5(10(13)14)3(7(11)12)1-6(4)17(9,15)16/h1-2H,(H,11,12)(H2,9,15,16). The van der Waals surface area contributed by atoms with Crippen molar-refractivity contribution in [1.82, 2.24) is 0 Å². The Kier molecular flexibility index (Phi) is 3.50. The first kappa shape index (κ1) is 13.5. The van der Waals surface area contributed by atoms with Crippen LogP contribution >= 0.6 is 15.9 Å². The third-order valence-corrected chi connectivity index (χ3v) is 3.65. The highest BCUT2D eigenvalue weighted by molar-refractivity contribution is 9.10. The average molecular weight is 325 g/mol. The molecule has 0 saturated carbocycles. The molecule has 0 aliphatic rings. The summed E-state index contributed by atoms with van der Waals surface area (Å²) in [6.45, 7) is 0. The molecular formula is C7H5BrN2O6S. The summed E-state index contributed by atoms with van der Waals surface area (Å²) < 4.78 is 22.0. The number of carbonyl (C=O) groups is 1. The first-order valence-corrected chi connectivity index (χ1v) is 6.22. The summed E-state index contributed by atoms with van der Waals surface area (Å²) in [7, 11) is -4.16. The van der Waals surface area contributed by atoms with Gasteiger partial charge in [-0.1, -0.05) is 0 Å². The summed E-state index contributed by atoms with van der Waals surface area (Å²) in [5, 5.41) is 24.2. The van der Waals surface area contributed by atoms with Crippen molar-refractivity contribution in [1.29, 1.82) is 0 Å². The SMILES string of the molecule is NS(=O)(=O)c1cc(C(=O)O)c([N+](=O)[O-])cc1Br. The Morgan fingerprint density at radius 3 is 2.35 bits per heavy atom. The second kappa shape index (κ2) is 4.39. The van der Waals surface area contributed by atoms with Crippen molar-refractivity contribution in [3.05, 3.63) is 32.3 Å². The number of hydrogen-bond donors (Lipinski definition) is 2. The molecule has 0 aliphatic heterocycles. The van der Waals surface area contributed by atoms with Crippen molar-refractivity contribution >= 4 is 37.6 Å². The van der Waals surface area contributed by atoms with Gasteiger partial charge in [-0.25, -0.2) is 18.4 Å². The van der Waals surface area contributed by atoms with Crippen LogP contribution in [0.4, 0.5) is 5.69 Å². The van der Waals surface area contributed by atoms with E-state index in [0.717, 1.165) is 6.07 Å². The van der Waals surface area contributed by atoms with Crippen molar-refractivity contribution in [2.45, 2.75) is 4.90 Å². The van der Waals surface area contributed by atoms with Crippen LogP contribution in [0, 0.1) is 10.1 Å². The van der Waals surface area contributed by atoms with E-state index in [4.69, 9.17) is 10.2 Å². The van der Waals surface area contributed by atoms with E-state index in [1.165, 1.54) is 0 Å². The van der Waals surface area contributed by atoms with Crippen LogP contribution in [-0.2, 0) is 10.0 Å². The number of nitrogens with zero attached hydrogens (tertiary/aromatic N) is 1. The normalized spacial score (nSPS) is 11.2. The molecule has 3 N–H and O–H groups in total. The van der Waals surface area contributed by atoms with Crippen LogP contribution in [0.15, 0.2) is 21.5 Å². The topological polar surface area (TPSA) is 141 Å². The average Bonchev–Trinajstić information content (AvgIpc) is 2.14. The van der Waals surface area contributed by atoms with Gasteiger partial charge in [0.25, 0.3) is 5.69 Å². The molecule has 1 aromatic carbocycles. The lowest BCUT2D eigenvalue weighted by atomic mass is 10.2. The summed E-state index contributed by atoms with van der Waals surface area (Å²) in [5.74, 6) is -1.62. The molecule has 0 atom stereocenters. The number of carboxylic acids is 1. The Hall–Kier alpha value is -1.52. The first-order valence-electron chi connectivity index (χ1n) is 3.88. The molecule has 0 bridgehead atoms. The van der Waals surface area contributed by atoms with E-state index >= 15 is 0 Å². The maximum Gasteiger partial charge on any atom is 0.342 e. The molecule has 1 rings (SSSR count). The van der Waals surface area contributed by atoms with E-state index in [1.807, 2.05) is 0 Å². The third kappa shape index (κ3) is 2.78. The molecule has 0 saturated heterocycles. The lowest BCUT2D eigenvalue weighted by Crippen LogP contribution is -2.14. The molecule has 0 radical (unpaired) electrons. The molecular weight excluding hydrogens is 320 g/mol. The second-order valence-electron chi connectivity index (χ2n) is 2.91. The zero-order chi connectivity index (χ0) is 13.4. The highest BCUT2D eigenvalue weighted by Gasteiger charge is 2.25. The van der Waals surface area contributed by atoms with Crippen LogP contribution in [0.3, 0.4) is 0 Å². The zero-order valence-corrected chi connectivity index (χ0v) is 10.4. The van der Waals surface area contributed by atoms with Crippen molar-refractivity contribution in [3.63, 3.8) is 0 Å². The number of halogens is 1. The highest BCUT2D eigenvalue weighted by Crippen LogP contribution is 2.29. The predicted molar refractivity (Wildman–Crippen MR) is 59.1 cm³/mol. The number of nitro groups is 1. The molecule has 1 aromatic rings. The minimum absolute atomic E-state index is 0.170. The molecule has 8 nitrogen and oxygen atoms in total. The van der Waals surface area contributed by atoms with Crippen LogP contribution in [0.1, 0.15) is 10.4 Å². The fourth-order valence-electron chi connectivity index (χ4n) is 1.08. The van der Waals surface area contributed by atoms with Gasteiger partial charge < -0.3 is 5.11 Å². The molecule has 10 heteroatoms. The van der Waals surface area contributed by atoms with E-state index in [-0.39, 0.29) is 4.47 Å². The van der Waals surface area contributed by atoms with Crippen LogP contribution in [0.25, 0.3) is 0 Å². The van der Waals surface area contributed by atoms with Gasteiger partial charge in [-0.2, -0.15) is 0 Å². The van der Waals surface area contributed by atoms with E-state index in [9.17, 15) is 23.3 Å². The largest absolute Gasteiger partial charge is 0.477 e. The number of hydrogen-bond acceptors (Lipinski definition) is 5. The quantitative estimate of drug-likeness (QED) is 0.619. The molecule has 0 fully saturated rings. The first-order chi connectivity index (χ1) is 7.64. The monoisotopic (exact) mass is 324 g/mol. The van der Waals surface area contributed by atoms with Crippen molar-refractivity contribution in [3.8, 4) is 0 Å². The Labute approximate surface area is 103 Å². The number of benzene rings is 1. The van der Waals surface area contributed by atoms with E-state index < -0.39 is 37.1 Å². The Morgan fingerprint density at radius 2 is 2.00 bits per heavy atom. The van der Waals surface area contributed by atoms with E-state index in [2.05, 4.69) is 15.9 Å². The summed E-state index contributed by atoms with van der Waals surface area (Å²) in [5.41, 5.74) is -1.47. The molecule has 0 aromatic heterocycles. The van der Waals surface area contributed by atoms with Crippen LogP contribution in [0.2, 0.25) is 0 Å². The molecule has 0 aliphatic carbocycles. The van der Waals surface area contributed by atoms with Gasteiger partial charge in [-0.3, -0.25) is 10.1 Å². The molecule has 92 valence electrons. The third-order valence-electron chi connectivity index (χ3n) is 1.78.